The van der Waals surface area contributed by atoms with Crippen molar-refractivity contribution < 1.29 is 37.6 Å². The summed E-state index contributed by atoms with van der Waals surface area (Å²) in [6.45, 7) is 5.27. The largest absolute Gasteiger partial charge is 0.472 e. The summed E-state index contributed by atoms with van der Waals surface area (Å²) >= 11 is 0. The van der Waals surface area contributed by atoms with Gasteiger partial charge >= 0.3 is 19.8 Å². The molecule has 8 nitrogen and oxygen atoms in total. The zero-order valence-electron chi connectivity index (χ0n) is 36.9. The SMILES string of the molecule is CC/C=C\C/C=C\C/C=C\C/C=C\C/C=C\CCCC(=O)OC(COC(=O)CCCCCCCCCCC/C=C\C/C=C\CCCCCCC)COP(=O)(O)OCC. The van der Waals surface area contributed by atoms with Crippen LogP contribution in [0.4, 0.5) is 0 Å². The number of allylic oxidation sites excluding steroid dienone is 14. The van der Waals surface area contributed by atoms with Crippen molar-refractivity contribution in [2.75, 3.05) is 19.8 Å². The van der Waals surface area contributed by atoms with Crippen LogP contribution < -0.4 is 0 Å². The van der Waals surface area contributed by atoms with Crippen molar-refractivity contribution in [2.45, 2.75) is 194 Å². The van der Waals surface area contributed by atoms with Gasteiger partial charge < -0.3 is 14.4 Å². The highest BCUT2D eigenvalue weighted by Gasteiger charge is 2.25. The van der Waals surface area contributed by atoms with E-state index in [-0.39, 0.29) is 32.0 Å². The number of carbonyl (C=O) groups is 2. The van der Waals surface area contributed by atoms with Gasteiger partial charge in [-0.1, -0.05) is 170 Å². The third kappa shape index (κ3) is 42.8. The van der Waals surface area contributed by atoms with E-state index in [4.69, 9.17) is 18.5 Å². The lowest BCUT2D eigenvalue weighted by Gasteiger charge is -2.19. The van der Waals surface area contributed by atoms with Crippen molar-refractivity contribution in [3.05, 3.63) is 85.1 Å². The molecule has 332 valence electrons. The van der Waals surface area contributed by atoms with Gasteiger partial charge in [0.1, 0.15) is 6.61 Å². The number of unbranched alkanes of at least 4 members (excludes halogenated alkanes) is 15. The van der Waals surface area contributed by atoms with Gasteiger partial charge in [0.15, 0.2) is 6.10 Å². The van der Waals surface area contributed by atoms with Crippen LogP contribution in [0, 0.1) is 0 Å². The molecule has 0 aliphatic rings. The minimum absolute atomic E-state index is 0.0152. The number of ether oxygens (including phenoxy) is 2. The van der Waals surface area contributed by atoms with Crippen LogP contribution in [-0.4, -0.2) is 42.8 Å². The second-order valence-electron chi connectivity index (χ2n) is 14.7. The first-order chi connectivity index (χ1) is 28.3. The Hall–Kier alpha value is -2.77. The summed E-state index contributed by atoms with van der Waals surface area (Å²) in [6, 6.07) is 0. The second kappa shape index (κ2) is 43.8. The maximum absolute atomic E-state index is 12.5. The Balaban J connectivity index is 4.14. The topological polar surface area (TPSA) is 108 Å². The van der Waals surface area contributed by atoms with E-state index in [1.54, 1.807) is 6.92 Å². The fourth-order valence-electron chi connectivity index (χ4n) is 5.87. The zero-order valence-corrected chi connectivity index (χ0v) is 37.8. The Morgan fingerprint density at radius 1 is 0.483 bits per heavy atom. The average molecular weight is 831 g/mol. The van der Waals surface area contributed by atoms with E-state index in [0.29, 0.717) is 12.8 Å². The van der Waals surface area contributed by atoms with Gasteiger partial charge in [-0.25, -0.2) is 4.57 Å². The van der Waals surface area contributed by atoms with Gasteiger partial charge in [-0.15, -0.1) is 0 Å². The molecule has 0 aromatic heterocycles. The van der Waals surface area contributed by atoms with Crippen LogP contribution in [-0.2, 0) is 32.7 Å². The normalized spacial score (nSPS) is 14.1. The highest BCUT2D eigenvalue weighted by Crippen LogP contribution is 2.43. The van der Waals surface area contributed by atoms with E-state index in [1.165, 1.54) is 77.0 Å². The monoisotopic (exact) mass is 831 g/mol. The van der Waals surface area contributed by atoms with Gasteiger partial charge in [-0.2, -0.15) is 0 Å². The van der Waals surface area contributed by atoms with E-state index in [2.05, 4.69) is 92.8 Å². The molecular formula is C49H83O8P. The molecule has 9 heteroatoms. The highest BCUT2D eigenvalue weighted by molar-refractivity contribution is 7.47. The number of hydrogen-bond donors (Lipinski definition) is 1. The number of phosphoric acid groups is 1. The maximum atomic E-state index is 12.5. The molecule has 0 aliphatic carbocycles. The smallest absolute Gasteiger partial charge is 0.462 e. The van der Waals surface area contributed by atoms with Crippen LogP contribution >= 0.6 is 7.82 Å². The zero-order chi connectivity index (χ0) is 42.5. The number of hydrogen-bond acceptors (Lipinski definition) is 7. The molecule has 58 heavy (non-hydrogen) atoms. The van der Waals surface area contributed by atoms with E-state index in [1.807, 2.05) is 6.08 Å². The van der Waals surface area contributed by atoms with Crippen molar-refractivity contribution in [1.29, 1.82) is 0 Å². The minimum Gasteiger partial charge on any atom is -0.462 e. The van der Waals surface area contributed by atoms with Gasteiger partial charge in [-0.05, 0) is 90.4 Å². The number of rotatable bonds is 41. The molecule has 0 rings (SSSR count). The summed E-state index contributed by atoms with van der Waals surface area (Å²) in [7, 11) is -4.30. The molecule has 0 aromatic rings. The average Bonchev–Trinajstić information content (AvgIpc) is 3.20. The summed E-state index contributed by atoms with van der Waals surface area (Å²) in [5.41, 5.74) is 0. The first-order valence-electron chi connectivity index (χ1n) is 22.9. The molecule has 2 unspecified atom stereocenters. The second-order valence-corrected chi connectivity index (χ2v) is 16.1. The minimum atomic E-state index is -4.30. The Kier molecular flexibility index (Phi) is 41.7. The molecule has 0 heterocycles. The molecule has 0 spiro atoms. The van der Waals surface area contributed by atoms with E-state index >= 15 is 0 Å². The van der Waals surface area contributed by atoms with Crippen LogP contribution in [0.25, 0.3) is 0 Å². The van der Waals surface area contributed by atoms with Crippen molar-refractivity contribution in [2.24, 2.45) is 0 Å². The van der Waals surface area contributed by atoms with Gasteiger partial charge in [0.05, 0.1) is 13.2 Å². The molecule has 0 saturated heterocycles. The van der Waals surface area contributed by atoms with Gasteiger partial charge in [0, 0.05) is 12.8 Å². The molecule has 0 amide bonds. The summed E-state index contributed by atoms with van der Waals surface area (Å²) in [5, 5.41) is 0. The Morgan fingerprint density at radius 2 is 0.897 bits per heavy atom. The highest BCUT2D eigenvalue weighted by atomic mass is 31.2. The third-order valence-electron chi connectivity index (χ3n) is 9.19. The summed E-state index contributed by atoms with van der Waals surface area (Å²) < 4.78 is 32.6. The standard InChI is InChI=1S/C49H83O8P/c1-4-7-9-11-13-15-17-19-21-23-24-25-26-28-29-31-33-35-37-39-41-43-48(50)54-45-47(46-56-58(52,53)55-6-3)57-49(51)44-42-40-38-36-34-32-30-27-22-20-18-16-14-12-10-8-5-2/h8,10,14,16-17,19-20,22-24,30,32,36,38,47H,4-7,9,11-13,15,18,21,25-29,31,33-35,37,39-46H2,1-3H3,(H,52,53)/b10-8-,16-14-,19-17-,22-20-,24-23-,32-30-,38-36-. The molecule has 0 saturated carbocycles. The number of esters is 2. The van der Waals surface area contributed by atoms with Crippen molar-refractivity contribution in [3.63, 3.8) is 0 Å². The quantitative estimate of drug-likeness (QED) is 0.0281. The molecule has 0 aliphatic heterocycles. The fourth-order valence-corrected chi connectivity index (χ4v) is 6.63. The molecular weight excluding hydrogens is 748 g/mol. The predicted octanol–water partition coefficient (Wildman–Crippen LogP) is 14.7. The van der Waals surface area contributed by atoms with Gasteiger partial charge in [0.2, 0.25) is 0 Å². The fraction of sp³-hybridized carbons (Fsp3) is 0.673. The van der Waals surface area contributed by atoms with Gasteiger partial charge in [0.25, 0.3) is 0 Å². The van der Waals surface area contributed by atoms with Crippen LogP contribution in [0.2, 0.25) is 0 Å². The molecule has 0 bridgehead atoms. The summed E-state index contributed by atoms with van der Waals surface area (Å²) in [5.74, 6) is -0.876. The Labute approximate surface area is 355 Å². The molecule has 2 atom stereocenters. The van der Waals surface area contributed by atoms with E-state index in [0.717, 1.165) is 64.2 Å². The summed E-state index contributed by atoms with van der Waals surface area (Å²) in [4.78, 5) is 34.8. The third-order valence-corrected chi connectivity index (χ3v) is 10.2. The summed E-state index contributed by atoms with van der Waals surface area (Å²) in [6.07, 6.45) is 56.5. The maximum Gasteiger partial charge on any atom is 0.472 e. The Morgan fingerprint density at radius 3 is 1.38 bits per heavy atom. The van der Waals surface area contributed by atoms with E-state index in [9.17, 15) is 19.0 Å². The van der Waals surface area contributed by atoms with Crippen LogP contribution in [0.5, 0.6) is 0 Å². The predicted molar refractivity (Wildman–Crippen MR) is 244 cm³/mol. The number of phosphoric ester groups is 1. The molecule has 0 fully saturated rings. The van der Waals surface area contributed by atoms with Crippen LogP contribution in [0.1, 0.15) is 188 Å². The van der Waals surface area contributed by atoms with Gasteiger partial charge in [-0.3, -0.25) is 18.6 Å². The lowest BCUT2D eigenvalue weighted by Crippen LogP contribution is -2.29. The first kappa shape index (κ1) is 55.2. The number of carbonyl (C=O) groups excluding carboxylic acids is 2. The molecule has 0 radical (unpaired) electrons. The van der Waals surface area contributed by atoms with Crippen LogP contribution in [0.15, 0.2) is 85.1 Å². The van der Waals surface area contributed by atoms with E-state index < -0.39 is 26.5 Å². The van der Waals surface area contributed by atoms with Crippen LogP contribution in [0.3, 0.4) is 0 Å². The molecule has 1 N–H and O–H groups in total. The lowest BCUT2D eigenvalue weighted by atomic mass is 10.1. The Bertz CT molecular complexity index is 1210. The van der Waals surface area contributed by atoms with Crippen molar-refractivity contribution in [3.8, 4) is 0 Å². The lowest BCUT2D eigenvalue weighted by molar-refractivity contribution is -0.161. The molecule has 0 aromatic carbocycles. The first-order valence-corrected chi connectivity index (χ1v) is 24.4. The van der Waals surface area contributed by atoms with Crippen molar-refractivity contribution in [1.82, 2.24) is 0 Å². The van der Waals surface area contributed by atoms with Crippen molar-refractivity contribution >= 4 is 19.8 Å².